The minimum absolute atomic E-state index is 0.646. The molecule has 0 fully saturated rings. The number of hydrogen-bond donors (Lipinski definition) is 2. The van der Waals surface area contributed by atoms with E-state index in [1.165, 1.54) is 0 Å². The summed E-state index contributed by atoms with van der Waals surface area (Å²) in [6, 6.07) is 24.1. The maximum Gasteiger partial charge on any atom is 0.172 e. The van der Waals surface area contributed by atoms with Crippen LogP contribution in [0.25, 0.3) is 10.8 Å². The average molecular weight is 330 g/mol. The van der Waals surface area contributed by atoms with Gasteiger partial charge < -0.3 is 10.4 Å². The van der Waals surface area contributed by atoms with Gasteiger partial charge in [0.25, 0.3) is 0 Å². The predicted octanol–water partition coefficient (Wildman–Crippen LogP) is 3.86. The summed E-state index contributed by atoms with van der Waals surface area (Å²) in [5, 5.41) is 17.6. The first-order chi connectivity index (χ1) is 12.3. The molecule has 0 radical (unpaired) electrons. The van der Waals surface area contributed by atoms with E-state index in [0.29, 0.717) is 5.84 Å². The molecule has 0 saturated heterocycles. The zero-order valence-electron chi connectivity index (χ0n) is 14.2. The lowest BCUT2D eigenvalue weighted by Gasteiger charge is -2.32. The Morgan fingerprint density at radius 1 is 0.840 bits per heavy atom. The van der Waals surface area contributed by atoms with Crippen molar-refractivity contribution >= 4 is 16.6 Å². The molecule has 3 aromatic carbocycles. The summed E-state index contributed by atoms with van der Waals surface area (Å²) in [5.41, 5.74) is 0.413. The van der Waals surface area contributed by atoms with Gasteiger partial charge in [-0.25, -0.2) is 0 Å². The van der Waals surface area contributed by atoms with E-state index in [-0.39, 0.29) is 0 Å². The predicted molar refractivity (Wildman–Crippen MR) is 103 cm³/mol. The first-order valence-corrected chi connectivity index (χ1v) is 8.85. The van der Waals surface area contributed by atoms with Crippen molar-refractivity contribution in [2.24, 2.45) is 4.99 Å². The van der Waals surface area contributed by atoms with Gasteiger partial charge in [-0.15, -0.1) is 0 Å². The van der Waals surface area contributed by atoms with Gasteiger partial charge in [0, 0.05) is 18.7 Å². The van der Waals surface area contributed by atoms with E-state index in [0.717, 1.165) is 47.8 Å². The zero-order valence-corrected chi connectivity index (χ0v) is 14.2. The van der Waals surface area contributed by atoms with Crippen molar-refractivity contribution in [3.05, 3.63) is 83.9 Å². The molecule has 1 heterocycles. The Hall–Kier alpha value is -2.65. The van der Waals surface area contributed by atoms with Crippen LogP contribution in [0.4, 0.5) is 0 Å². The number of benzene rings is 3. The first kappa shape index (κ1) is 15.9. The lowest BCUT2D eigenvalue weighted by atomic mass is 9.82. The van der Waals surface area contributed by atoms with Crippen molar-refractivity contribution in [1.29, 1.82) is 0 Å². The summed E-state index contributed by atoms with van der Waals surface area (Å²) in [6.45, 7) is 1.57. The van der Waals surface area contributed by atoms with Gasteiger partial charge in [-0.3, -0.25) is 4.99 Å². The Bertz CT molecular complexity index is 899. The Morgan fingerprint density at radius 2 is 1.60 bits per heavy atom. The second-order valence-corrected chi connectivity index (χ2v) is 6.47. The minimum atomic E-state index is -1.29. The molecule has 4 rings (SSSR count). The second-order valence-electron chi connectivity index (χ2n) is 6.47. The fourth-order valence-electron chi connectivity index (χ4n) is 3.57. The molecule has 3 nitrogen and oxygen atoms in total. The fourth-order valence-corrected chi connectivity index (χ4v) is 3.57. The van der Waals surface area contributed by atoms with Crippen molar-refractivity contribution in [2.75, 3.05) is 13.1 Å². The van der Waals surface area contributed by atoms with Gasteiger partial charge in [-0.1, -0.05) is 72.8 Å². The van der Waals surface area contributed by atoms with Gasteiger partial charge in [0.15, 0.2) is 5.60 Å². The normalized spacial score (nSPS) is 17.2. The molecule has 3 heteroatoms. The number of nitrogens with zero attached hydrogens (tertiary/aromatic N) is 1. The van der Waals surface area contributed by atoms with E-state index < -0.39 is 5.60 Å². The van der Waals surface area contributed by atoms with Gasteiger partial charge in [0.1, 0.15) is 5.84 Å². The first-order valence-electron chi connectivity index (χ1n) is 8.85. The van der Waals surface area contributed by atoms with Crippen LogP contribution in [0.15, 0.2) is 77.8 Å². The maximum absolute atomic E-state index is 12.0. The molecule has 1 aliphatic heterocycles. The van der Waals surface area contributed by atoms with Gasteiger partial charge in [-0.05, 0) is 29.2 Å². The van der Waals surface area contributed by atoms with E-state index in [4.69, 9.17) is 4.99 Å². The molecular formula is C22H22N2O. The maximum atomic E-state index is 12.0. The quantitative estimate of drug-likeness (QED) is 0.766. The summed E-state index contributed by atoms with van der Waals surface area (Å²) in [6.07, 6.45) is 2.10. The van der Waals surface area contributed by atoms with Crippen molar-refractivity contribution in [3.8, 4) is 0 Å². The van der Waals surface area contributed by atoms with Gasteiger partial charge in [0.2, 0.25) is 0 Å². The molecule has 0 saturated carbocycles. The monoisotopic (exact) mass is 330 g/mol. The van der Waals surface area contributed by atoms with Crippen LogP contribution in [0.5, 0.6) is 0 Å². The molecule has 126 valence electrons. The number of nitrogens with one attached hydrogen (secondary N) is 1. The Balaban J connectivity index is 1.99. The van der Waals surface area contributed by atoms with Crippen LogP contribution in [0, 0.1) is 0 Å². The molecule has 0 aliphatic carbocycles. The number of fused-ring (bicyclic) bond motifs is 1. The molecule has 3 aromatic rings. The standard InChI is InChI=1S/C22H22N2O/c25-22(18-11-2-1-3-12-18,21-23-15-6-7-16-24-21)20-14-8-10-17-9-4-5-13-19(17)20/h1-5,8-14,25H,6-7,15-16H2,(H,23,24). The molecule has 1 unspecified atom stereocenters. The van der Waals surface area contributed by atoms with Crippen LogP contribution in [0.2, 0.25) is 0 Å². The van der Waals surface area contributed by atoms with Crippen LogP contribution in [0.1, 0.15) is 24.0 Å². The number of hydrogen-bond acceptors (Lipinski definition) is 3. The molecule has 1 atom stereocenters. The topological polar surface area (TPSA) is 44.6 Å². The smallest absolute Gasteiger partial charge is 0.172 e. The minimum Gasteiger partial charge on any atom is -0.373 e. The second kappa shape index (κ2) is 6.69. The van der Waals surface area contributed by atoms with Gasteiger partial charge >= 0.3 is 0 Å². The summed E-state index contributed by atoms with van der Waals surface area (Å²) in [5.74, 6) is 0.646. The molecule has 1 aliphatic rings. The van der Waals surface area contributed by atoms with E-state index in [9.17, 15) is 5.11 Å². The molecule has 0 aromatic heterocycles. The van der Waals surface area contributed by atoms with Crippen molar-refractivity contribution in [1.82, 2.24) is 5.32 Å². The SMILES string of the molecule is OC(C1=NCCCCN1)(c1ccccc1)c1cccc2ccccc12. The highest BCUT2D eigenvalue weighted by molar-refractivity contribution is 6.00. The van der Waals surface area contributed by atoms with E-state index in [1.807, 2.05) is 54.6 Å². The Labute approximate surface area is 148 Å². The van der Waals surface area contributed by atoms with Crippen LogP contribution >= 0.6 is 0 Å². The molecular weight excluding hydrogens is 308 g/mol. The van der Waals surface area contributed by atoms with E-state index in [2.05, 4.69) is 23.5 Å². The fraction of sp³-hybridized carbons (Fsp3) is 0.227. The largest absolute Gasteiger partial charge is 0.373 e. The number of aliphatic imine (C=N–C) groups is 1. The molecule has 0 bridgehead atoms. The Kier molecular flexibility index (Phi) is 4.24. The van der Waals surface area contributed by atoms with Crippen LogP contribution < -0.4 is 5.32 Å². The van der Waals surface area contributed by atoms with Crippen LogP contribution in [0.3, 0.4) is 0 Å². The molecule has 25 heavy (non-hydrogen) atoms. The summed E-state index contributed by atoms with van der Waals surface area (Å²) < 4.78 is 0. The lowest BCUT2D eigenvalue weighted by Crippen LogP contribution is -2.45. The number of rotatable bonds is 3. The van der Waals surface area contributed by atoms with Crippen molar-refractivity contribution < 1.29 is 5.11 Å². The Morgan fingerprint density at radius 3 is 2.48 bits per heavy atom. The highest BCUT2D eigenvalue weighted by atomic mass is 16.3. The van der Waals surface area contributed by atoms with E-state index in [1.54, 1.807) is 0 Å². The zero-order chi connectivity index (χ0) is 17.1. The van der Waals surface area contributed by atoms with Crippen LogP contribution in [-0.4, -0.2) is 24.0 Å². The van der Waals surface area contributed by atoms with E-state index >= 15 is 0 Å². The van der Waals surface area contributed by atoms with Crippen molar-refractivity contribution in [2.45, 2.75) is 18.4 Å². The third kappa shape index (κ3) is 2.81. The third-order valence-electron chi connectivity index (χ3n) is 4.86. The molecule has 2 N–H and O–H groups in total. The van der Waals surface area contributed by atoms with Gasteiger partial charge in [0.05, 0.1) is 0 Å². The number of aliphatic hydroxyl groups is 1. The molecule has 0 amide bonds. The third-order valence-corrected chi connectivity index (χ3v) is 4.86. The highest BCUT2D eigenvalue weighted by Gasteiger charge is 2.39. The number of amidine groups is 1. The van der Waals surface area contributed by atoms with Crippen molar-refractivity contribution in [3.63, 3.8) is 0 Å². The van der Waals surface area contributed by atoms with Crippen LogP contribution in [-0.2, 0) is 5.60 Å². The van der Waals surface area contributed by atoms with Gasteiger partial charge in [-0.2, -0.15) is 0 Å². The molecule has 0 spiro atoms. The summed E-state index contributed by atoms with van der Waals surface area (Å²) in [4.78, 5) is 4.71. The highest BCUT2D eigenvalue weighted by Crippen LogP contribution is 2.35. The summed E-state index contributed by atoms with van der Waals surface area (Å²) in [7, 11) is 0. The summed E-state index contributed by atoms with van der Waals surface area (Å²) >= 11 is 0. The average Bonchev–Trinajstić information content (AvgIpc) is 2.97. The lowest BCUT2D eigenvalue weighted by molar-refractivity contribution is 0.153.